The van der Waals surface area contributed by atoms with Crippen molar-refractivity contribution in [3.63, 3.8) is 0 Å². The third kappa shape index (κ3) is 7.85. The van der Waals surface area contributed by atoms with Gasteiger partial charge < -0.3 is 20.9 Å². The van der Waals surface area contributed by atoms with Crippen LogP contribution in [0.3, 0.4) is 0 Å². The van der Waals surface area contributed by atoms with Gasteiger partial charge in [0.15, 0.2) is 21.9 Å². The molecule has 3 aliphatic rings. The Morgan fingerprint density at radius 2 is 1.57 bits per heavy atom. The number of imidazole rings is 1. The lowest BCUT2D eigenvalue weighted by atomic mass is 9.92. The number of anilines is 2. The zero-order chi connectivity index (χ0) is 31.9. The Morgan fingerprint density at radius 3 is 2.19 bits per heavy atom. The zero-order valence-corrected chi connectivity index (χ0v) is 27.8. The number of nitro benzene ring substituents is 1. The predicted molar refractivity (Wildman–Crippen MR) is 175 cm³/mol. The van der Waals surface area contributed by atoms with Crippen LogP contribution in [-0.4, -0.2) is 68.4 Å². The van der Waals surface area contributed by atoms with Crippen LogP contribution in [0.15, 0.2) is 29.4 Å². The zero-order valence-electron chi connectivity index (χ0n) is 25.4. The molecule has 0 atom stereocenters. The fraction of sp³-hybridized carbons (Fsp3) is 0.607. The predicted octanol–water partition coefficient (Wildman–Crippen LogP) is 5.66. The molecule has 47 heavy (non-hydrogen) atoms. The van der Waals surface area contributed by atoms with Crippen molar-refractivity contribution >= 4 is 63.5 Å². The fourth-order valence-corrected chi connectivity index (χ4v) is 8.21. The van der Waals surface area contributed by atoms with Gasteiger partial charge in [0.2, 0.25) is 16.0 Å². The molecule has 1 aliphatic heterocycles. The van der Waals surface area contributed by atoms with Crippen molar-refractivity contribution in [1.82, 2.24) is 23.8 Å². The highest BCUT2D eigenvalue weighted by Crippen LogP contribution is 2.37. The summed E-state index contributed by atoms with van der Waals surface area (Å²) < 4.78 is 69.4. The first-order valence-corrected chi connectivity index (χ1v) is 16.7. The van der Waals surface area contributed by atoms with E-state index in [1.165, 1.54) is 0 Å². The van der Waals surface area contributed by atoms with Crippen LogP contribution in [0, 0.1) is 10.1 Å². The summed E-state index contributed by atoms with van der Waals surface area (Å²) in [5, 5.41) is 18.5. The van der Waals surface area contributed by atoms with Crippen molar-refractivity contribution in [3.8, 4) is 0 Å². The average Bonchev–Trinajstić information content (AvgIpc) is 3.68. The lowest BCUT2D eigenvalue weighted by molar-refractivity contribution is -0.388. The molecule has 19 heteroatoms. The van der Waals surface area contributed by atoms with Crippen molar-refractivity contribution in [2.24, 2.45) is 5.73 Å². The SMILES string of the molecule is Cl.Cl.NC1CCC(Nc2nc(NC3CCN(S(=O)(=O)c4ccc(C(F)(F)F)cc4[N+](=O)[O-])CC3)c3ncn(C4CCCC4)c3n2)CC1. The Hall–Kier alpha value is -2.99. The fourth-order valence-electron chi connectivity index (χ4n) is 6.60. The van der Waals surface area contributed by atoms with Crippen molar-refractivity contribution in [2.75, 3.05) is 23.7 Å². The second-order valence-corrected chi connectivity index (χ2v) is 14.1. The Balaban J connectivity index is 0.00000250. The maximum absolute atomic E-state index is 13.4. The molecule has 1 saturated heterocycles. The lowest BCUT2D eigenvalue weighted by Crippen LogP contribution is -2.42. The number of fused-ring (bicyclic) bond motifs is 1. The van der Waals surface area contributed by atoms with E-state index >= 15 is 0 Å². The van der Waals surface area contributed by atoms with Gasteiger partial charge in [0.1, 0.15) is 0 Å². The smallest absolute Gasteiger partial charge is 0.365 e. The maximum Gasteiger partial charge on any atom is 0.416 e. The minimum absolute atomic E-state index is 0. The molecule has 0 unspecified atom stereocenters. The number of nitrogens with two attached hydrogens (primary N) is 1. The number of halogens is 5. The van der Waals surface area contributed by atoms with Crippen molar-refractivity contribution < 1.29 is 26.5 Å². The molecule has 13 nitrogen and oxygen atoms in total. The van der Waals surface area contributed by atoms with Gasteiger partial charge >= 0.3 is 6.18 Å². The summed E-state index contributed by atoms with van der Waals surface area (Å²) in [6, 6.07) is 1.97. The number of nitro groups is 1. The van der Waals surface area contributed by atoms with Crippen LogP contribution in [-0.2, 0) is 16.2 Å². The summed E-state index contributed by atoms with van der Waals surface area (Å²) in [5.74, 6) is 1.02. The van der Waals surface area contributed by atoms with Crippen molar-refractivity contribution in [2.45, 2.75) is 99.4 Å². The summed E-state index contributed by atoms with van der Waals surface area (Å²) in [6.07, 6.45) is 5.68. The van der Waals surface area contributed by atoms with E-state index in [1.807, 2.05) is 0 Å². The van der Waals surface area contributed by atoms with Crippen LogP contribution >= 0.6 is 24.8 Å². The van der Waals surface area contributed by atoms with Gasteiger partial charge in [0.05, 0.1) is 16.8 Å². The number of alkyl halides is 3. The van der Waals surface area contributed by atoms with Crippen molar-refractivity contribution in [1.29, 1.82) is 0 Å². The summed E-state index contributed by atoms with van der Waals surface area (Å²) in [6.45, 7) is 0.0205. The molecule has 2 saturated carbocycles. The Bertz CT molecular complexity index is 1670. The topological polar surface area (TPSA) is 174 Å². The Kier molecular flexibility index (Phi) is 11.5. The molecule has 0 bridgehead atoms. The van der Waals surface area contributed by atoms with Crippen LogP contribution in [0.5, 0.6) is 0 Å². The monoisotopic (exact) mass is 723 g/mol. The highest BCUT2D eigenvalue weighted by atomic mass is 35.5. The number of aromatic nitrogens is 4. The number of nitrogens with one attached hydrogen (secondary N) is 2. The first-order valence-electron chi connectivity index (χ1n) is 15.3. The van der Waals surface area contributed by atoms with Gasteiger partial charge in [0, 0.05) is 43.3 Å². The van der Waals surface area contributed by atoms with Crippen molar-refractivity contribution in [3.05, 3.63) is 40.2 Å². The third-order valence-corrected chi connectivity index (χ3v) is 11.1. The normalized spacial score (nSPS) is 21.6. The van der Waals surface area contributed by atoms with Gasteiger partial charge in [-0.25, -0.2) is 13.4 Å². The van der Waals surface area contributed by atoms with Crippen LogP contribution in [0.2, 0.25) is 0 Å². The number of nitrogens with zero attached hydrogens (tertiary/aromatic N) is 6. The Morgan fingerprint density at radius 1 is 0.936 bits per heavy atom. The molecular weight excluding hydrogens is 686 g/mol. The summed E-state index contributed by atoms with van der Waals surface area (Å²) in [5.41, 5.74) is 5.04. The molecule has 2 aromatic heterocycles. The number of piperidine rings is 1. The van der Waals surface area contributed by atoms with Crippen LogP contribution < -0.4 is 16.4 Å². The minimum Gasteiger partial charge on any atom is -0.365 e. The van der Waals surface area contributed by atoms with E-state index in [0.29, 0.717) is 48.3 Å². The number of benzene rings is 1. The average molecular weight is 725 g/mol. The molecular formula is C28H38Cl2F3N9O4S. The minimum atomic E-state index is -4.85. The largest absolute Gasteiger partial charge is 0.416 e. The molecule has 4 N–H and O–H groups in total. The van der Waals surface area contributed by atoms with E-state index in [1.54, 1.807) is 6.33 Å². The van der Waals surface area contributed by atoms with Gasteiger partial charge in [-0.05, 0) is 63.5 Å². The standard InChI is InChI=1S/C28H36F3N9O4S.2ClH/c29-28(30,31)17-5-10-23(22(15-17)40(41)42)45(43,44)38-13-11-20(12-14-38)34-25-24-26(39(16-33-24)21-3-1-2-4-21)37-27(36-25)35-19-8-6-18(32)7-9-19;;/h5,10,15-16,18-21H,1-4,6-9,11-14,32H2,(H2,34,35,36,37);2*1H. The molecule has 3 fully saturated rings. The quantitative estimate of drug-likeness (QED) is 0.194. The van der Waals surface area contributed by atoms with E-state index in [0.717, 1.165) is 61.3 Å². The molecule has 260 valence electrons. The highest BCUT2D eigenvalue weighted by molar-refractivity contribution is 7.89. The van der Waals surface area contributed by atoms with Gasteiger partial charge in [0.25, 0.3) is 5.69 Å². The highest BCUT2D eigenvalue weighted by Gasteiger charge is 2.38. The number of sulfonamides is 1. The van der Waals surface area contributed by atoms with Crippen LogP contribution in [0.25, 0.3) is 11.2 Å². The second kappa shape index (κ2) is 14.6. The maximum atomic E-state index is 13.4. The summed E-state index contributed by atoms with van der Waals surface area (Å²) in [7, 11) is -4.43. The Labute approximate surface area is 282 Å². The number of hydrogen-bond acceptors (Lipinski definition) is 10. The molecule has 3 heterocycles. The molecule has 3 aromatic rings. The van der Waals surface area contributed by atoms with E-state index in [4.69, 9.17) is 15.7 Å². The van der Waals surface area contributed by atoms with E-state index in [9.17, 15) is 31.7 Å². The molecule has 0 radical (unpaired) electrons. The van der Waals surface area contributed by atoms with Gasteiger partial charge in [-0.2, -0.15) is 27.4 Å². The van der Waals surface area contributed by atoms with Crippen LogP contribution in [0.4, 0.5) is 30.6 Å². The molecule has 6 rings (SSSR count). The molecule has 2 aliphatic carbocycles. The molecule has 0 spiro atoms. The first-order chi connectivity index (χ1) is 21.4. The van der Waals surface area contributed by atoms with Crippen LogP contribution in [0.1, 0.15) is 75.8 Å². The number of hydrogen-bond donors (Lipinski definition) is 3. The van der Waals surface area contributed by atoms with Gasteiger partial charge in [-0.1, -0.05) is 12.8 Å². The lowest BCUT2D eigenvalue weighted by Gasteiger charge is -2.32. The molecule has 1 aromatic carbocycles. The summed E-state index contributed by atoms with van der Waals surface area (Å²) in [4.78, 5) is 24.0. The summed E-state index contributed by atoms with van der Waals surface area (Å²) >= 11 is 0. The van der Waals surface area contributed by atoms with E-state index < -0.39 is 37.3 Å². The second-order valence-electron chi connectivity index (χ2n) is 12.2. The molecule has 0 amide bonds. The van der Waals surface area contributed by atoms with Gasteiger partial charge in [-0.3, -0.25) is 10.1 Å². The van der Waals surface area contributed by atoms with E-state index in [2.05, 4.69) is 20.2 Å². The van der Waals surface area contributed by atoms with Gasteiger partial charge in [-0.15, -0.1) is 24.8 Å². The third-order valence-electron chi connectivity index (χ3n) is 9.14. The number of rotatable bonds is 8. The first kappa shape index (κ1) is 36.8. The van der Waals surface area contributed by atoms with E-state index in [-0.39, 0.29) is 62.1 Å².